The summed E-state index contributed by atoms with van der Waals surface area (Å²) in [6.45, 7) is 0.324. The summed E-state index contributed by atoms with van der Waals surface area (Å²) in [7, 11) is 0. The van der Waals surface area contributed by atoms with Crippen molar-refractivity contribution in [2.75, 3.05) is 6.54 Å². The Morgan fingerprint density at radius 2 is 2.05 bits per heavy atom. The van der Waals surface area contributed by atoms with Crippen molar-refractivity contribution < 1.29 is 4.79 Å². The molecular formula is C16H21N3O. The topological polar surface area (TPSA) is 56.1 Å². The van der Waals surface area contributed by atoms with E-state index in [0.717, 1.165) is 18.3 Å². The summed E-state index contributed by atoms with van der Waals surface area (Å²) in [5.74, 6) is 4.24. The molecule has 5 atom stereocenters. The SMILES string of the molecule is C#C[C@H]1CC[C@@H](C#N)N1C(=O)CN[C@@H]1C[C@H]2CC[C@@H]1C2. The lowest BCUT2D eigenvalue weighted by atomic mass is 9.95. The van der Waals surface area contributed by atoms with Gasteiger partial charge in [0.1, 0.15) is 6.04 Å². The molecule has 20 heavy (non-hydrogen) atoms. The third-order valence-corrected chi connectivity index (χ3v) is 5.27. The van der Waals surface area contributed by atoms with Gasteiger partial charge < -0.3 is 10.2 Å². The summed E-state index contributed by atoms with van der Waals surface area (Å²) in [5, 5.41) is 12.5. The number of nitrogens with one attached hydrogen (secondary N) is 1. The molecule has 4 heteroatoms. The number of hydrogen-bond acceptors (Lipinski definition) is 3. The quantitative estimate of drug-likeness (QED) is 0.787. The zero-order valence-corrected chi connectivity index (χ0v) is 11.7. The summed E-state index contributed by atoms with van der Waals surface area (Å²) in [6, 6.07) is 2.14. The van der Waals surface area contributed by atoms with E-state index in [0.29, 0.717) is 19.0 Å². The van der Waals surface area contributed by atoms with Gasteiger partial charge in [-0.1, -0.05) is 12.3 Å². The lowest BCUT2D eigenvalue weighted by Gasteiger charge is -2.27. The normalized spacial score (nSPS) is 38.7. The van der Waals surface area contributed by atoms with Crippen molar-refractivity contribution in [1.29, 1.82) is 5.26 Å². The van der Waals surface area contributed by atoms with Crippen molar-refractivity contribution in [3.05, 3.63) is 0 Å². The lowest BCUT2D eigenvalue weighted by molar-refractivity contribution is -0.131. The number of nitriles is 1. The van der Waals surface area contributed by atoms with Crippen LogP contribution in [0.1, 0.15) is 38.5 Å². The van der Waals surface area contributed by atoms with Gasteiger partial charge in [0.05, 0.1) is 18.7 Å². The maximum Gasteiger partial charge on any atom is 0.238 e. The Balaban J connectivity index is 1.56. The van der Waals surface area contributed by atoms with Gasteiger partial charge in [0.2, 0.25) is 5.91 Å². The number of fused-ring (bicyclic) bond motifs is 2. The van der Waals surface area contributed by atoms with Crippen molar-refractivity contribution in [2.24, 2.45) is 11.8 Å². The van der Waals surface area contributed by atoms with Crippen molar-refractivity contribution in [2.45, 2.75) is 56.7 Å². The summed E-state index contributed by atoms with van der Waals surface area (Å²) < 4.78 is 0. The molecule has 2 aliphatic carbocycles. The number of rotatable bonds is 3. The fourth-order valence-corrected chi connectivity index (χ4v) is 4.25. The van der Waals surface area contributed by atoms with E-state index in [9.17, 15) is 4.79 Å². The van der Waals surface area contributed by atoms with E-state index in [-0.39, 0.29) is 18.0 Å². The molecule has 0 spiro atoms. The number of amides is 1. The lowest BCUT2D eigenvalue weighted by Crippen LogP contribution is -2.47. The molecule has 1 heterocycles. The molecule has 2 saturated carbocycles. The van der Waals surface area contributed by atoms with Gasteiger partial charge in [-0.3, -0.25) is 4.79 Å². The number of hydrogen-bond donors (Lipinski definition) is 1. The second kappa shape index (κ2) is 5.46. The highest BCUT2D eigenvalue weighted by Gasteiger charge is 2.40. The standard InChI is InChI=1S/C16H21N3O/c1-2-13-5-6-14(9-17)19(13)16(20)10-18-15-8-11-3-4-12(15)7-11/h1,11-15,18H,3-8,10H2/t11-,12+,13-,14-,15+/m0/s1. The first-order valence-electron chi connectivity index (χ1n) is 7.63. The number of nitrogens with zero attached hydrogens (tertiary/aromatic N) is 2. The summed E-state index contributed by atoms with van der Waals surface area (Å²) in [5.41, 5.74) is 0. The van der Waals surface area contributed by atoms with Gasteiger partial charge in [-0.05, 0) is 43.9 Å². The second-order valence-electron chi connectivity index (χ2n) is 6.37. The maximum atomic E-state index is 12.4. The van der Waals surface area contributed by atoms with E-state index in [4.69, 9.17) is 11.7 Å². The van der Waals surface area contributed by atoms with Crippen LogP contribution in [0.15, 0.2) is 0 Å². The Morgan fingerprint density at radius 3 is 2.65 bits per heavy atom. The molecule has 3 aliphatic rings. The molecule has 0 aromatic heterocycles. The van der Waals surface area contributed by atoms with Crippen molar-refractivity contribution in [1.82, 2.24) is 10.2 Å². The van der Waals surface area contributed by atoms with Crippen LogP contribution in [0.4, 0.5) is 0 Å². The van der Waals surface area contributed by atoms with Crippen LogP contribution in [0.5, 0.6) is 0 Å². The molecule has 3 rings (SSSR count). The highest BCUT2D eigenvalue weighted by molar-refractivity contribution is 5.80. The number of terminal acetylenes is 1. The Bertz CT molecular complexity index is 453. The fourth-order valence-electron chi connectivity index (χ4n) is 4.25. The van der Waals surface area contributed by atoms with Crippen molar-refractivity contribution in [3.8, 4) is 18.4 Å². The molecular weight excluding hydrogens is 250 g/mol. The zero-order valence-electron chi connectivity index (χ0n) is 11.7. The minimum atomic E-state index is -0.342. The molecule has 1 N–H and O–H groups in total. The molecule has 2 bridgehead atoms. The Labute approximate surface area is 120 Å². The molecule has 0 aromatic carbocycles. The summed E-state index contributed by atoms with van der Waals surface area (Å²) in [4.78, 5) is 14.0. The van der Waals surface area contributed by atoms with Gasteiger partial charge in [0.25, 0.3) is 0 Å². The van der Waals surface area contributed by atoms with Crippen LogP contribution in [-0.4, -0.2) is 35.5 Å². The van der Waals surface area contributed by atoms with E-state index >= 15 is 0 Å². The summed E-state index contributed by atoms with van der Waals surface area (Å²) >= 11 is 0. The van der Waals surface area contributed by atoms with Crippen LogP contribution in [0, 0.1) is 35.5 Å². The van der Waals surface area contributed by atoms with Crippen LogP contribution in [0.25, 0.3) is 0 Å². The molecule has 1 aliphatic heterocycles. The minimum absolute atomic E-state index is 0.0141. The molecule has 106 valence electrons. The van der Waals surface area contributed by atoms with Gasteiger partial charge in [-0.2, -0.15) is 5.26 Å². The number of carbonyl (C=O) groups is 1. The van der Waals surface area contributed by atoms with E-state index in [1.807, 2.05) is 0 Å². The summed E-state index contributed by atoms with van der Waals surface area (Å²) in [6.07, 6.45) is 12.1. The fraction of sp³-hybridized carbons (Fsp3) is 0.750. The molecule has 0 unspecified atom stereocenters. The highest BCUT2D eigenvalue weighted by Crippen LogP contribution is 2.44. The molecule has 1 saturated heterocycles. The Kier molecular flexibility index (Phi) is 3.68. The molecule has 0 aromatic rings. The highest BCUT2D eigenvalue weighted by atomic mass is 16.2. The number of carbonyl (C=O) groups excluding carboxylic acids is 1. The molecule has 4 nitrogen and oxygen atoms in total. The molecule has 3 fully saturated rings. The molecule has 0 radical (unpaired) electrons. The number of likely N-dealkylation sites (tertiary alicyclic amines) is 1. The van der Waals surface area contributed by atoms with Crippen LogP contribution < -0.4 is 5.32 Å². The molecule has 1 amide bonds. The maximum absolute atomic E-state index is 12.4. The Hall–Kier alpha value is -1.52. The van der Waals surface area contributed by atoms with Crippen molar-refractivity contribution in [3.63, 3.8) is 0 Å². The predicted molar refractivity (Wildman–Crippen MR) is 75.3 cm³/mol. The van der Waals surface area contributed by atoms with E-state index < -0.39 is 0 Å². The largest absolute Gasteiger partial charge is 0.312 e. The monoisotopic (exact) mass is 271 g/mol. The van der Waals surface area contributed by atoms with Gasteiger partial charge in [-0.25, -0.2) is 0 Å². The average Bonchev–Trinajstić information content (AvgIpc) is 3.17. The minimum Gasteiger partial charge on any atom is -0.312 e. The first-order valence-corrected chi connectivity index (χ1v) is 7.63. The van der Waals surface area contributed by atoms with Crippen LogP contribution in [0.3, 0.4) is 0 Å². The van der Waals surface area contributed by atoms with Crippen LogP contribution in [0.2, 0.25) is 0 Å². The third-order valence-electron chi connectivity index (χ3n) is 5.27. The second-order valence-corrected chi connectivity index (χ2v) is 6.37. The smallest absolute Gasteiger partial charge is 0.238 e. The van der Waals surface area contributed by atoms with E-state index in [1.165, 1.54) is 25.7 Å². The average molecular weight is 271 g/mol. The Morgan fingerprint density at radius 1 is 1.25 bits per heavy atom. The van der Waals surface area contributed by atoms with Gasteiger partial charge in [-0.15, -0.1) is 6.42 Å². The van der Waals surface area contributed by atoms with Gasteiger partial charge in [0, 0.05) is 6.04 Å². The van der Waals surface area contributed by atoms with Gasteiger partial charge >= 0.3 is 0 Å². The van der Waals surface area contributed by atoms with E-state index in [2.05, 4.69) is 17.3 Å². The zero-order chi connectivity index (χ0) is 14.1. The first-order chi connectivity index (χ1) is 9.72. The van der Waals surface area contributed by atoms with Crippen molar-refractivity contribution >= 4 is 5.91 Å². The third kappa shape index (κ3) is 2.30. The predicted octanol–water partition coefficient (Wildman–Crippen LogP) is 1.28. The van der Waals surface area contributed by atoms with Gasteiger partial charge in [0.15, 0.2) is 0 Å². The first kappa shape index (κ1) is 13.5. The van der Waals surface area contributed by atoms with Crippen LogP contribution >= 0.6 is 0 Å². The van der Waals surface area contributed by atoms with E-state index in [1.54, 1.807) is 4.90 Å². The van der Waals surface area contributed by atoms with Crippen LogP contribution in [-0.2, 0) is 4.79 Å².